The van der Waals surface area contributed by atoms with E-state index in [0.29, 0.717) is 6.92 Å². The summed E-state index contributed by atoms with van der Waals surface area (Å²) in [7, 11) is -6.53. The van der Waals surface area contributed by atoms with Gasteiger partial charge in [0, 0.05) is 13.3 Å². The van der Waals surface area contributed by atoms with Gasteiger partial charge in [-0.15, -0.1) is 0 Å². The van der Waals surface area contributed by atoms with Crippen molar-refractivity contribution in [1.82, 2.24) is 0 Å². The number of carbonyl (C=O) groups is 2. The van der Waals surface area contributed by atoms with Crippen LogP contribution in [-0.2, 0) is 33.9 Å². The first-order chi connectivity index (χ1) is 12.4. The minimum atomic E-state index is -6.53. The molecule has 0 aromatic carbocycles. The largest absolute Gasteiger partial charge is 0.468 e. The molecule has 0 aliphatic carbocycles. The smallest absolute Gasteiger partial charge is 0.461 e. The average Bonchev–Trinajstić information content (AvgIpc) is 2.47. The molecule has 1 unspecified atom stereocenters. The molecule has 28 heavy (non-hydrogen) atoms. The van der Waals surface area contributed by atoms with Crippen molar-refractivity contribution in [2.45, 2.75) is 49.8 Å². The van der Waals surface area contributed by atoms with E-state index in [1.807, 2.05) is 0 Å². The molecule has 1 N–H and O–H groups in total. The molecule has 0 aromatic heterocycles. The van der Waals surface area contributed by atoms with Gasteiger partial charge in [0.25, 0.3) is 0 Å². The summed E-state index contributed by atoms with van der Waals surface area (Å²) in [6, 6.07) is 0. The van der Waals surface area contributed by atoms with Crippen LogP contribution in [0.15, 0.2) is 0 Å². The van der Waals surface area contributed by atoms with Crippen LogP contribution in [0.1, 0.15) is 26.7 Å². The van der Waals surface area contributed by atoms with Crippen molar-refractivity contribution in [2.24, 2.45) is 0 Å². The minimum absolute atomic E-state index is 0.462. The maximum Gasteiger partial charge on any atom is 0.468 e. The first kappa shape index (κ1) is 26.3. The van der Waals surface area contributed by atoms with Crippen molar-refractivity contribution in [1.29, 1.82) is 0 Å². The first-order valence-corrected chi connectivity index (χ1v) is 8.60. The fourth-order valence-corrected chi connectivity index (χ4v) is 2.14. The van der Waals surface area contributed by atoms with Gasteiger partial charge in [-0.3, -0.25) is 9.35 Å². The molecule has 0 aliphatic rings. The van der Waals surface area contributed by atoms with Gasteiger partial charge in [0.05, 0.1) is 13.2 Å². The zero-order valence-electron chi connectivity index (χ0n) is 14.2. The van der Waals surface area contributed by atoms with E-state index in [4.69, 9.17) is 4.55 Å². The van der Waals surface area contributed by atoms with Gasteiger partial charge in [-0.25, -0.2) is 4.79 Å². The summed E-state index contributed by atoms with van der Waals surface area (Å²) in [4.78, 5) is 22.5. The highest BCUT2D eigenvalue weighted by Gasteiger charge is 2.68. The van der Waals surface area contributed by atoms with Gasteiger partial charge in [0.15, 0.2) is 0 Å². The molecule has 1 atom stereocenters. The molecule has 0 saturated heterocycles. The Kier molecular flexibility index (Phi) is 8.25. The van der Waals surface area contributed by atoms with Gasteiger partial charge in [-0.2, -0.15) is 39.2 Å². The molecule has 0 rings (SSSR count). The van der Waals surface area contributed by atoms with Crippen LogP contribution < -0.4 is 0 Å². The van der Waals surface area contributed by atoms with Gasteiger partial charge in [0.1, 0.15) is 0 Å². The van der Waals surface area contributed by atoms with Crippen molar-refractivity contribution >= 4 is 22.1 Å². The van der Waals surface area contributed by atoms with Crippen LogP contribution in [0.2, 0.25) is 0 Å². The van der Waals surface area contributed by atoms with Crippen LogP contribution in [0.4, 0.5) is 30.7 Å². The Morgan fingerprint density at radius 1 is 1.04 bits per heavy atom. The molecule has 0 bridgehead atoms. The molecule has 0 aromatic rings. The average molecular weight is 452 g/mol. The number of hydrogen-bond acceptors (Lipinski definition) is 7. The molecule has 0 radical (unpaired) electrons. The number of rotatable bonds is 10. The van der Waals surface area contributed by atoms with E-state index in [2.05, 4.69) is 14.2 Å². The summed E-state index contributed by atoms with van der Waals surface area (Å²) in [5, 5.41) is -5.93. The molecule has 16 heteroatoms. The SMILES string of the molecule is CCOC(=O)C(OCCCC(F)(F)C(F)(F)S(=O)(=O)O)(OC(C)=O)C(F)(F)F. The number of ether oxygens (including phenoxy) is 3. The summed E-state index contributed by atoms with van der Waals surface area (Å²) in [5.41, 5.74) is 0. The molecule has 0 spiro atoms. The molecular formula is C12H15F7O8S. The lowest BCUT2D eigenvalue weighted by atomic mass is 10.2. The van der Waals surface area contributed by atoms with Crippen molar-refractivity contribution in [3.63, 3.8) is 0 Å². The predicted octanol–water partition coefficient (Wildman–Crippen LogP) is 2.28. The Labute approximate surface area is 153 Å². The molecule has 166 valence electrons. The Balaban J connectivity index is 5.46. The molecule has 8 nitrogen and oxygen atoms in total. The summed E-state index contributed by atoms with van der Waals surface area (Å²) in [5.74, 6) is -13.7. The van der Waals surface area contributed by atoms with E-state index >= 15 is 0 Å². The maximum absolute atomic E-state index is 13.3. The summed E-state index contributed by atoms with van der Waals surface area (Å²) in [6.45, 7) is -0.586. The molecule has 0 aliphatic heterocycles. The maximum atomic E-state index is 13.3. The summed E-state index contributed by atoms with van der Waals surface area (Å²) >= 11 is 0. The second-order valence-corrected chi connectivity index (χ2v) is 6.54. The van der Waals surface area contributed by atoms with E-state index in [-0.39, 0.29) is 0 Å². The highest BCUT2D eigenvalue weighted by Crippen LogP contribution is 2.42. The van der Waals surface area contributed by atoms with Gasteiger partial charge in [-0.05, 0) is 13.3 Å². The zero-order valence-corrected chi connectivity index (χ0v) is 15.0. The quantitative estimate of drug-likeness (QED) is 0.177. The monoisotopic (exact) mass is 452 g/mol. The minimum Gasteiger partial charge on any atom is -0.461 e. The fraction of sp³-hybridized carbons (Fsp3) is 0.833. The van der Waals surface area contributed by atoms with E-state index in [0.717, 1.165) is 6.92 Å². The van der Waals surface area contributed by atoms with E-state index in [1.54, 1.807) is 0 Å². The Morgan fingerprint density at radius 3 is 1.89 bits per heavy atom. The molecule has 0 saturated carbocycles. The Bertz CT molecular complexity index is 676. The molecule has 0 fully saturated rings. The highest BCUT2D eigenvalue weighted by molar-refractivity contribution is 7.87. The number of alkyl halides is 7. The number of esters is 2. The van der Waals surface area contributed by atoms with Crippen molar-refractivity contribution in [3.05, 3.63) is 0 Å². The van der Waals surface area contributed by atoms with Crippen molar-refractivity contribution in [3.8, 4) is 0 Å². The lowest BCUT2D eigenvalue weighted by molar-refractivity contribution is -0.355. The summed E-state index contributed by atoms with van der Waals surface area (Å²) in [6.07, 6.45) is -9.18. The normalized spacial score (nSPS) is 15.6. The van der Waals surface area contributed by atoms with Gasteiger partial charge >= 0.3 is 45.2 Å². The second-order valence-electron chi connectivity index (χ2n) is 5.08. The highest BCUT2D eigenvalue weighted by atomic mass is 32.2. The standard InChI is InChI=1S/C12H15F7O8S/c1-3-25-8(21)10(11(15,16)17,27-7(2)20)26-6-4-5-9(13,14)12(18,19)28(22,23)24/h3-6H2,1-2H3,(H,22,23,24). The zero-order chi connectivity index (χ0) is 22.6. The van der Waals surface area contributed by atoms with Crippen LogP contribution in [0.25, 0.3) is 0 Å². The van der Waals surface area contributed by atoms with Gasteiger partial charge < -0.3 is 14.2 Å². The third-order valence-corrected chi connectivity index (χ3v) is 3.84. The van der Waals surface area contributed by atoms with Crippen molar-refractivity contribution < 1.29 is 67.5 Å². The Morgan fingerprint density at radius 2 is 1.54 bits per heavy atom. The van der Waals surface area contributed by atoms with Crippen LogP contribution in [0.3, 0.4) is 0 Å². The number of carbonyl (C=O) groups excluding carboxylic acids is 2. The lowest BCUT2D eigenvalue weighted by Crippen LogP contribution is -2.58. The topological polar surface area (TPSA) is 116 Å². The lowest BCUT2D eigenvalue weighted by Gasteiger charge is -2.32. The second kappa shape index (κ2) is 8.77. The summed E-state index contributed by atoms with van der Waals surface area (Å²) < 4.78 is 133. The molecule has 0 heterocycles. The Hall–Kier alpha value is -1.68. The van der Waals surface area contributed by atoms with Crippen LogP contribution in [-0.4, -0.2) is 61.3 Å². The van der Waals surface area contributed by atoms with E-state index in [9.17, 15) is 48.7 Å². The first-order valence-electron chi connectivity index (χ1n) is 7.16. The van der Waals surface area contributed by atoms with Crippen LogP contribution >= 0.6 is 0 Å². The fourth-order valence-electron chi connectivity index (χ4n) is 1.66. The third-order valence-electron chi connectivity index (χ3n) is 2.90. The van der Waals surface area contributed by atoms with E-state index in [1.165, 1.54) is 0 Å². The van der Waals surface area contributed by atoms with Crippen LogP contribution in [0.5, 0.6) is 0 Å². The third kappa shape index (κ3) is 5.66. The predicted molar refractivity (Wildman–Crippen MR) is 73.8 cm³/mol. The van der Waals surface area contributed by atoms with Gasteiger partial charge in [-0.1, -0.05) is 0 Å². The number of halogens is 7. The van der Waals surface area contributed by atoms with Crippen molar-refractivity contribution in [2.75, 3.05) is 13.2 Å². The van der Waals surface area contributed by atoms with Crippen LogP contribution in [0, 0.1) is 0 Å². The number of hydrogen-bond donors (Lipinski definition) is 1. The molecular weight excluding hydrogens is 437 g/mol. The molecule has 0 amide bonds. The van der Waals surface area contributed by atoms with Gasteiger partial charge in [0.2, 0.25) is 0 Å². The van der Waals surface area contributed by atoms with E-state index < -0.39 is 71.3 Å².